The van der Waals surface area contributed by atoms with Gasteiger partial charge in [0.25, 0.3) is 11.7 Å². The zero-order chi connectivity index (χ0) is 24.8. The lowest BCUT2D eigenvalue weighted by Crippen LogP contribution is -2.51. The molecular weight excluding hydrogens is 465 g/mol. The van der Waals surface area contributed by atoms with Gasteiger partial charge in [0.05, 0.1) is 40.6 Å². The van der Waals surface area contributed by atoms with Crippen molar-refractivity contribution in [1.29, 1.82) is 0 Å². The van der Waals surface area contributed by atoms with Crippen LogP contribution in [0.4, 0.5) is 10.2 Å². The number of rotatable bonds is 4. The van der Waals surface area contributed by atoms with Crippen molar-refractivity contribution < 1.29 is 14.0 Å². The number of aryl methyl sites for hydroxylation is 1. The van der Waals surface area contributed by atoms with E-state index in [-0.39, 0.29) is 22.3 Å². The average Bonchev–Trinajstić information content (AvgIpc) is 3.59. The van der Waals surface area contributed by atoms with E-state index < -0.39 is 17.5 Å². The molecule has 180 valence electrons. The number of ketones is 1. The van der Waals surface area contributed by atoms with Crippen LogP contribution in [0.25, 0.3) is 27.6 Å². The molecular formula is C24H20FN9O2. The van der Waals surface area contributed by atoms with Gasteiger partial charge in [-0.2, -0.15) is 0 Å². The molecule has 4 aromatic heterocycles. The Morgan fingerprint density at radius 2 is 1.86 bits per heavy atom. The number of para-hydroxylation sites is 1. The van der Waals surface area contributed by atoms with Gasteiger partial charge in [-0.3, -0.25) is 9.59 Å². The number of hydrogen-bond donors (Lipinski definition) is 1. The Morgan fingerprint density at radius 3 is 2.64 bits per heavy atom. The van der Waals surface area contributed by atoms with E-state index in [4.69, 9.17) is 0 Å². The number of nitrogens with one attached hydrogen (secondary N) is 1. The Bertz CT molecular complexity index is 1620. The van der Waals surface area contributed by atoms with E-state index in [2.05, 4.69) is 35.1 Å². The summed E-state index contributed by atoms with van der Waals surface area (Å²) in [7, 11) is 0. The number of Topliss-reactive ketones (excluding diaryl/α,β-unsaturated/α-hetero) is 1. The Hall–Kier alpha value is -4.74. The van der Waals surface area contributed by atoms with E-state index in [0.717, 1.165) is 22.9 Å². The Balaban J connectivity index is 1.24. The molecule has 12 heteroatoms. The fraction of sp³-hybridized carbons (Fsp3) is 0.208. The van der Waals surface area contributed by atoms with Crippen molar-refractivity contribution in [3.63, 3.8) is 0 Å². The van der Waals surface area contributed by atoms with Gasteiger partial charge in [-0.05, 0) is 19.1 Å². The molecule has 1 saturated heterocycles. The first-order valence-corrected chi connectivity index (χ1v) is 11.4. The predicted molar refractivity (Wildman–Crippen MR) is 128 cm³/mol. The van der Waals surface area contributed by atoms with E-state index >= 15 is 0 Å². The number of halogens is 1. The molecule has 6 rings (SSSR count). The molecule has 0 radical (unpaired) electrons. The molecule has 0 aliphatic carbocycles. The lowest BCUT2D eigenvalue weighted by atomic mass is 10.1. The normalized spacial score (nSPS) is 14.1. The third-order valence-corrected chi connectivity index (χ3v) is 6.28. The maximum absolute atomic E-state index is 14.7. The largest absolute Gasteiger partial charge is 0.357 e. The number of nitrogens with zero attached hydrogens (tertiary/aromatic N) is 8. The van der Waals surface area contributed by atoms with Crippen LogP contribution in [0.1, 0.15) is 16.2 Å². The third kappa shape index (κ3) is 3.54. The standard InChI is InChI=1S/C24H20FN9O2/c1-14-29-18-5-3-2-4-15(18)22(30-14)32-8-10-33(11-9-32)24(36)21(35)16-12-26-20-19(16)17(25)13-27-23(20)34-7-6-28-31-34/h2-7,12-13,26H,8-11H2,1H3. The number of hydrogen-bond acceptors (Lipinski definition) is 8. The summed E-state index contributed by atoms with van der Waals surface area (Å²) in [6, 6.07) is 7.78. The maximum Gasteiger partial charge on any atom is 0.295 e. The van der Waals surface area contributed by atoms with Crippen molar-refractivity contribution in [2.75, 3.05) is 31.1 Å². The monoisotopic (exact) mass is 485 g/mol. The molecule has 1 amide bonds. The lowest BCUT2D eigenvalue weighted by Gasteiger charge is -2.35. The van der Waals surface area contributed by atoms with Crippen LogP contribution < -0.4 is 4.90 Å². The Labute approximate surface area is 203 Å². The Kier molecular flexibility index (Phi) is 5.13. The molecule has 11 nitrogen and oxygen atoms in total. The van der Waals surface area contributed by atoms with Crippen LogP contribution in [0, 0.1) is 12.7 Å². The second kappa shape index (κ2) is 8.48. The van der Waals surface area contributed by atoms with Gasteiger partial charge in [-0.25, -0.2) is 24.0 Å². The van der Waals surface area contributed by atoms with Gasteiger partial charge in [0, 0.05) is 37.8 Å². The van der Waals surface area contributed by atoms with Crippen LogP contribution in [0.5, 0.6) is 0 Å². The number of carbonyl (C=O) groups is 2. The molecule has 5 heterocycles. The number of piperazine rings is 1. The van der Waals surface area contributed by atoms with Crippen LogP contribution >= 0.6 is 0 Å². The zero-order valence-electron chi connectivity index (χ0n) is 19.2. The number of H-pyrrole nitrogens is 1. The first-order valence-electron chi connectivity index (χ1n) is 11.4. The fourth-order valence-electron chi connectivity index (χ4n) is 4.56. The molecule has 1 aromatic carbocycles. The SMILES string of the molecule is Cc1nc(N2CCN(C(=O)C(=O)c3c[nH]c4c(-n5ccnn5)ncc(F)c34)CC2)c2ccccc2n1. The summed E-state index contributed by atoms with van der Waals surface area (Å²) in [4.78, 5) is 45.9. The number of anilines is 1. The fourth-order valence-corrected chi connectivity index (χ4v) is 4.56. The molecule has 36 heavy (non-hydrogen) atoms. The van der Waals surface area contributed by atoms with Crippen molar-refractivity contribution in [3.8, 4) is 5.82 Å². The zero-order valence-corrected chi connectivity index (χ0v) is 19.2. The number of pyridine rings is 1. The number of fused-ring (bicyclic) bond motifs is 2. The highest BCUT2D eigenvalue weighted by atomic mass is 19.1. The van der Waals surface area contributed by atoms with E-state index in [9.17, 15) is 14.0 Å². The lowest BCUT2D eigenvalue weighted by molar-refractivity contribution is -0.126. The van der Waals surface area contributed by atoms with Crippen molar-refractivity contribution in [2.24, 2.45) is 0 Å². The van der Waals surface area contributed by atoms with Crippen molar-refractivity contribution in [3.05, 3.63) is 66.3 Å². The van der Waals surface area contributed by atoms with Crippen LogP contribution in [0.15, 0.2) is 49.1 Å². The quantitative estimate of drug-likeness (QED) is 0.303. The third-order valence-electron chi connectivity index (χ3n) is 6.28. The average molecular weight is 485 g/mol. The number of benzene rings is 1. The van der Waals surface area contributed by atoms with Crippen molar-refractivity contribution >= 4 is 39.3 Å². The van der Waals surface area contributed by atoms with Gasteiger partial charge in [0.15, 0.2) is 11.6 Å². The summed E-state index contributed by atoms with van der Waals surface area (Å²) in [5.41, 5.74) is 1.07. The molecule has 0 spiro atoms. The number of carbonyl (C=O) groups excluding carboxylic acids is 2. The van der Waals surface area contributed by atoms with Crippen LogP contribution in [-0.2, 0) is 4.79 Å². The predicted octanol–water partition coefficient (Wildman–Crippen LogP) is 2.07. The molecule has 1 fully saturated rings. The van der Waals surface area contributed by atoms with Crippen LogP contribution in [-0.4, -0.2) is 77.7 Å². The molecule has 1 N–H and O–H groups in total. The van der Waals surface area contributed by atoms with Gasteiger partial charge in [0.1, 0.15) is 11.6 Å². The molecule has 0 unspecified atom stereocenters. The van der Waals surface area contributed by atoms with Gasteiger partial charge in [0.2, 0.25) is 0 Å². The molecule has 0 bridgehead atoms. The van der Waals surface area contributed by atoms with Crippen LogP contribution in [0.2, 0.25) is 0 Å². The molecule has 0 saturated carbocycles. The summed E-state index contributed by atoms with van der Waals surface area (Å²) in [5, 5.41) is 8.54. The number of amides is 1. The van der Waals surface area contributed by atoms with Crippen molar-refractivity contribution in [1.82, 2.24) is 39.8 Å². The second-order valence-electron chi connectivity index (χ2n) is 8.45. The Morgan fingerprint density at radius 1 is 1.06 bits per heavy atom. The molecule has 0 atom stereocenters. The van der Waals surface area contributed by atoms with Gasteiger partial charge < -0.3 is 14.8 Å². The minimum absolute atomic E-state index is 0.00424. The number of aromatic nitrogens is 7. The van der Waals surface area contributed by atoms with E-state index in [1.807, 2.05) is 31.2 Å². The summed E-state index contributed by atoms with van der Waals surface area (Å²) in [6.07, 6.45) is 5.35. The topological polar surface area (TPSA) is 126 Å². The van der Waals surface area contributed by atoms with E-state index in [1.54, 1.807) is 6.20 Å². The summed E-state index contributed by atoms with van der Waals surface area (Å²) >= 11 is 0. The van der Waals surface area contributed by atoms with E-state index in [0.29, 0.717) is 32.0 Å². The highest BCUT2D eigenvalue weighted by Gasteiger charge is 2.30. The summed E-state index contributed by atoms with van der Waals surface area (Å²) in [6.45, 7) is 3.51. The first kappa shape index (κ1) is 21.8. The first-order chi connectivity index (χ1) is 17.5. The van der Waals surface area contributed by atoms with E-state index in [1.165, 1.54) is 22.0 Å². The molecule has 5 aromatic rings. The minimum Gasteiger partial charge on any atom is -0.357 e. The highest BCUT2D eigenvalue weighted by Crippen LogP contribution is 2.27. The summed E-state index contributed by atoms with van der Waals surface area (Å²) in [5.74, 6) is -0.425. The van der Waals surface area contributed by atoms with Crippen molar-refractivity contribution in [2.45, 2.75) is 6.92 Å². The van der Waals surface area contributed by atoms with Gasteiger partial charge in [-0.1, -0.05) is 17.3 Å². The second-order valence-corrected chi connectivity index (χ2v) is 8.45. The van der Waals surface area contributed by atoms with Gasteiger partial charge >= 0.3 is 0 Å². The molecule has 1 aliphatic heterocycles. The van der Waals surface area contributed by atoms with Crippen LogP contribution in [0.3, 0.4) is 0 Å². The number of aromatic amines is 1. The minimum atomic E-state index is -0.785. The smallest absolute Gasteiger partial charge is 0.295 e. The maximum atomic E-state index is 14.7. The molecule has 1 aliphatic rings. The summed E-state index contributed by atoms with van der Waals surface area (Å²) < 4.78 is 16.1. The highest BCUT2D eigenvalue weighted by molar-refractivity contribution is 6.45. The van der Waals surface area contributed by atoms with Gasteiger partial charge in [-0.15, -0.1) is 5.10 Å².